The van der Waals surface area contributed by atoms with Crippen LogP contribution in [-0.2, 0) is 11.3 Å². The first-order chi connectivity index (χ1) is 12.6. The number of aromatic carboxylic acids is 1. The molecule has 0 spiro atoms. The van der Waals surface area contributed by atoms with Gasteiger partial charge in [-0.05, 0) is 66.6 Å². The Morgan fingerprint density at radius 2 is 1.46 bits per heavy atom. The molecular formula is C21H21NO4. The maximum absolute atomic E-state index is 11.1. The smallest absolute Gasteiger partial charge is 0.335 e. The van der Waals surface area contributed by atoms with Crippen LogP contribution in [0.15, 0.2) is 60.7 Å². The SMILES string of the molecule is CCOCCn1c(-c2ccc(O)cc2)ccc1-c1ccc(C(=O)O)cc1. The summed E-state index contributed by atoms with van der Waals surface area (Å²) >= 11 is 0. The second-order valence-corrected chi connectivity index (χ2v) is 5.88. The van der Waals surface area contributed by atoms with Crippen molar-refractivity contribution in [2.75, 3.05) is 13.2 Å². The van der Waals surface area contributed by atoms with Gasteiger partial charge in [0.1, 0.15) is 5.75 Å². The molecule has 0 aliphatic heterocycles. The average Bonchev–Trinajstić information content (AvgIpc) is 3.06. The largest absolute Gasteiger partial charge is 0.508 e. The average molecular weight is 351 g/mol. The number of phenols is 1. The Hall–Kier alpha value is -3.05. The van der Waals surface area contributed by atoms with E-state index in [1.54, 1.807) is 24.3 Å². The number of hydrogen-bond donors (Lipinski definition) is 2. The van der Waals surface area contributed by atoms with Gasteiger partial charge in [-0.1, -0.05) is 12.1 Å². The molecule has 0 unspecified atom stereocenters. The Bertz CT molecular complexity index is 879. The van der Waals surface area contributed by atoms with Gasteiger partial charge in [0.15, 0.2) is 0 Å². The van der Waals surface area contributed by atoms with Crippen LogP contribution in [0.1, 0.15) is 17.3 Å². The number of rotatable bonds is 7. The fourth-order valence-electron chi connectivity index (χ4n) is 2.93. The summed E-state index contributed by atoms with van der Waals surface area (Å²) in [5.41, 5.74) is 4.20. The van der Waals surface area contributed by atoms with E-state index in [0.717, 1.165) is 22.5 Å². The monoisotopic (exact) mass is 351 g/mol. The van der Waals surface area contributed by atoms with E-state index in [1.807, 2.05) is 43.3 Å². The third-order valence-electron chi connectivity index (χ3n) is 4.23. The van der Waals surface area contributed by atoms with Crippen molar-refractivity contribution in [2.45, 2.75) is 13.5 Å². The maximum Gasteiger partial charge on any atom is 0.335 e. The van der Waals surface area contributed by atoms with Crippen LogP contribution >= 0.6 is 0 Å². The highest BCUT2D eigenvalue weighted by molar-refractivity contribution is 5.88. The number of nitrogens with zero attached hydrogens (tertiary/aromatic N) is 1. The van der Waals surface area contributed by atoms with Crippen LogP contribution in [0.4, 0.5) is 0 Å². The van der Waals surface area contributed by atoms with Gasteiger partial charge in [0.05, 0.1) is 12.2 Å². The molecule has 2 aromatic carbocycles. The van der Waals surface area contributed by atoms with Crippen molar-refractivity contribution in [2.24, 2.45) is 0 Å². The Balaban J connectivity index is 2.01. The summed E-state index contributed by atoms with van der Waals surface area (Å²) in [6.07, 6.45) is 0. The highest BCUT2D eigenvalue weighted by Gasteiger charge is 2.12. The fraction of sp³-hybridized carbons (Fsp3) is 0.190. The molecule has 0 radical (unpaired) electrons. The first-order valence-corrected chi connectivity index (χ1v) is 8.50. The number of phenolic OH excluding ortho intramolecular Hbond substituents is 1. The van der Waals surface area contributed by atoms with E-state index in [-0.39, 0.29) is 11.3 Å². The minimum Gasteiger partial charge on any atom is -0.508 e. The number of carbonyl (C=O) groups is 1. The predicted octanol–water partition coefficient (Wildman–Crippen LogP) is 4.26. The van der Waals surface area contributed by atoms with Gasteiger partial charge < -0.3 is 19.5 Å². The standard InChI is InChI=1S/C21H21NO4/c1-2-26-14-13-22-19(15-3-5-17(6-4-15)21(24)25)11-12-20(22)16-7-9-18(23)10-8-16/h3-12,23H,2,13-14H2,1H3,(H,24,25). The fourth-order valence-corrected chi connectivity index (χ4v) is 2.93. The number of carboxylic acid groups (broad SMARTS) is 1. The summed E-state index contributed by atoms with van der Waals surface area (Å²) in [6, 6.07) is 18.0. The van der Waals surface area contributed by atoms with E-state index in [9.17, 15) is 9.90 Å². The van der Waals surface area contributed by atoms with Crippen molar-refractivity contribution >= 4 is 5.97 Å². The molecule has 0 saturated heterocycles. The van der Waals surface area contributed by atoms with Crippen molar-refractivity contribution in [3.05, 3.63) is 66.2 Å². The molecule has 0 aliphatic carbocycles. The lowest BCUT2D eigenvalue weighted by molar-refractivity contribution is 0.0697. The molecule has 1 heterocycles. The van der Waals surface area contributed by atoms with Crippen LogP contribution in [0.3, 0.4) is 0 Å². The van der Waals surface area contributed by atoms with Crippen LogP contribution < -0.4 is 0 Å². The third-order valence-corrected chi connectivity index (χ3v) is 4.23. The summed E-state index contributed by atoms with van der Waals surface area (Å²) in [4.78, 5) is 11.1. The molecular weight excluding hydrogens is 330 g/mol. The molecule has 0 fully saturated rings. The van der Waals surface area contributed by atoms with Crippen LogP contribution in [0, 0.1) is 0 Å². The van der Waals surface area contributed by atoms with E-state index >= 15 is 0 Å². The molecule has 2 N–H and O–H groups in total. The molecule has 1 aromatic heterocycles. The van der Waals surface area contributed by atoms with E-state index in [1.165, 1.54) is 0 Å². The lowest BCUT2D eigenvalue weighted by Gasteiger charge is -2.14. The second-order valence-electron chi connectivity index (χ2n) is 5.88. The van der Waals surface area contributed by atoms with Crippen LogP contribution in [0.5, 0.6) is 5.75 Å². The summed E-state index contributed by atoms with van der Waals surface area (Å²) in [5, 5.41) is 18.6. The van der Waals surface area contributed by atoms with Crippen molar-refractivity contribution < 1.29 is 19.7 Å². The van der Waals surface area contributed by atoms with Gasteiger partial charge in [-0.25, -0.2) is 4.79 Å². The Morgan fingerprint density at radius 3 is 1.96 bits per heavy atom. The first-order valence-electron chi connectivity index (χ1n) is 8.50. The quantitative estimate of drug-likeness (QED) is 0.624. The van der Waals surface area contributed by atoms with Crippen molar-refractivity contribution in [1.82, 2.24) is 4.57 Å². The Morgan fingerprint density at radius 1 is 0.923 bits per heavy atom. The van der Waals surface area contributed by atoms with E-state index in [2.05, 4.69) is 4.57 Å². The molecule has 3 rings (SSSR count). The molecule has 26 heavy (non-hydrogen) atoms. The molecule has 0 saturated carbocycles. The molecule has 0 amide bonds. The lowest BCUT2D eigenvalue weighted by atomic mass is 10.1. The maximum atomic E-state index is 11.1. The van der Waals surface area contributed by atoms with Gasteiger partial charge in [-0.15, -0.1) is 0 Å². The summed E-state index contributed by atoms with van der Waals surface area (Å²) in [5.74, 6) is -0.710. The van der Waals surface area contributed by atoms with E-state index in [0.29, 0.717) is 19.8 Å². The predicted molar refractivity (Wildman–Crippen MR) is 100 cm³/mol. The highest BCUT2D eigenvalue weighted by atomic mass is 16.5. The second kappa shape index (κ2) is 7.89. The molecule has 5 heteroatoms. The number of aromatic nitrogens is 1. The number of hydrogen-bond acceptors (Lipinski definition) is 3. The highest BCUT2D eigenvalue weighted by Crippen LogP contribution is 2.30. The first kappa shape index (κ1) is 17.8. The van der Waals surface area contributed by atoms with Gasteiger partial charge >= 0.3 is 5.97 Å². The van der Waals surface area contributed by atoms with Gasteiger partial charge in [0.2, 0.25) is 0 Å². The van der Waals surface area contributed by atoms with Crippen molar-refractivity contribution in [1.29, 1.82) is 0 Å². The zero-order valence-electron chi connectivity index (χ0n) is 14.6. The summed E-state index contributed by atoms with van der Waals surface area (Å²) in [7, 11) is 0. The zero-order valence-corrected chi connectivity index (χ0v) is 14.6. The Labute approximate surface area is 152 Å². The number of carboxylic acids is 1. The van der Waals surface area contributed by atoms with E-state index in [4.69, 9.17) is 9.84 Å². The van der Waals surface area contributed by atoms with Crippen molar-refractivity contribution in [3.63, 3.8) is 0 Å². The number of benzene rings is 2. The minimum atomic E-state index is -0.937. The molecule has 0 bridgehead atoms. The summed E-state index contributed by atoms with van der Waals surface area (Å²) < 4.78 is 7.67. The van der Waals surface area contributed by atoms with Gasteiger partial charge in [0.25, 0.3) is 0 Å². The van der Waals surface area contributed by atoms with Gasteiger partial charge in [-0.3, -0.25) is 0 Å². The molecule has 3 aromatic rings. The third kappa shape index (κ3) is 3.78. The number of aromatic hydroxyl groups is 1. The normalized spacial score (nSPS) is 10.8. The zero-order chi connectivity index (χ0) is 18.5. The molecule has 5 nitrogen and oxygen atoms in total. The summed E-state index contributed by atoms with van der Waals surface area (Å²) in [6.45, 7) is 3.87. The van der Waals surface area contributed by atoms with Gasteiger partial charge in [0, 0.05) is 24.5 Å². The van der Waals surface area contributed by atoms with Crippen LogP contribution in [0.2, 0.25) is 0 Å². The van der Waals surface area contributed by atoms with Crippen molar-refractivity contribution in [3.8, 4) is 28.3 Å². The molecule has 0 atom stereocenters. The van der Waals surface area contributed by atoms with Gasteiger partial charge in [-0.2, -0.15) is 0 Å². The molecule has 134 valence electrons. The van der Waals surface area contributed by atoms with E-state index < -0.39 is 5.97 Å². The van der Waals surface area contributed by atoms with Crippen LogP contribution in [-0.4, -0.2) is 34.0 Å². The minimum absolute atomic E-state index is 0.227. The lowest BCUT2D eigenvalue weighted by Crippen LogP contribution is -2.08. The molecule has 0 aliphatic rings. The Kier molecular flexibility index (Phi) is 5.39. The topological polar surface area (TPSA) is 71.7 Å². The number of ether oxygens (including phenoxy) is 1. The van der Waals surface area contributed by atoms with Crippen LogP contribution in [0.25, 0.3) is 22.5 Å².